The Bertz CT molecular complexity index is 1120. The van der Waals surface area contributed by atoms with Crippen LogP contribution >= 0.6 is 11.3 Å². The Morgan fingerprint density at radius 3 is 2.26 bits per heavy atom. The fraction of sp³-hybridized carbons (Fsp3) is 0.464. The van der Waals surface area contributed by atoms with Crippen molar-refractivity contribution in [3.8, 4) is 0 Å². The highest BCUT2D eigenvalue weighted by atomic mass is 32.1. The molecule has 190 valence electrons. The van der Waals surface area contributed by atoms with Gasteiger partial charge in [-0.25, -0.2) is 4.79 Å². The lowest BCUT2D eigenvalue weighted by molar-refractivity contribution is -0.135. The lowest BCUT2D eigenvalue weighted by atomic mass is 9.92. The van der Waals surface area contributed by atoms with E-state index in [1.165, 1.54) is 0 Å². The van der Waals surface area contributed by atoms with Gasteiger partial charge in [0.25, 0.3) is 0 Å². The van der Waals surface area contributed by atoms with Gasteiger partial charge in [0.05, 0.1) is 0 Å². The van der Waals surface area contributed by atoms with E-state index in [4.69, 9.17) is 0 Å². The summed E-state index contributed by atoms with van der Waals surface area (Å²) in [6.07, 6.45) is -4.64. The average Bonchev–Trinajstić information content (AvgIpc) is 3.18. The lowest BCUT2D eigenvalue weighted by Gasteiger charge is -2.22. The number of nitrogens with one attached hydrogen (secondary N) is 2. The van der Waals surface area contributed by atoms with Crippen molar-refractivity contribution < 1.29 is 18.0 Å². The van der Waals surface area contributed by atoms with Gasteiger partial charge in [-0.2, -0.15) is 13.2 Å². The van der Waals surface area contributed by atoms with E-state index >= 15 is 0 Å². The van der Waals surface area contributed by atoms with Gasteiger partial charge in [0.2, 0.25) is 0 Å². The van der Waals surface area contributed by atoms with Crippen molar-refractivity contribution in [1.29, 1.82) is 0 Å². The largest absolute Gasteiger partial charge is 0.389 e. The zero-order valence-corrected chi connectivity index (χ0v) is 21.9. The molecule has 2 aromatic carbocycles. The van der Waals surface area contributed by atoms with E-state index in [1.807, 2.05) is 42.6 Å². The van der Waals surface area contributed by atoms with Crippen LogP contribution in [0.1, 0.15) is 87.0 Å². The van der Waals surface area contributed by atoms with E-state index < -0.39 is 12.6 Å². The van der Waals surface area contributed by atoms with Gasteiger partial charge in [0.15, 0.2) is 0 Å². The third kappa shape index (κ3) is 7.23. The molecule has 0 aliphatic rings. The molecule has 2 N–H and O–H groups in total. The predicted molar refractivity (Wildman–Crippen MR) is 141 cm³/mol. The number of amides is 2. The van der Waals surface area contributed by atoms with Gasteiger partial charge in [-0.1, -0.05) is 63.6 Å². The number of hydrogen-bond donors (Lipinski definition) is 2. The average molecular weight is 505 g/mol. The number of carbonyl (C=O) groups excluding carboxylic acids is 1. The van der Waals surface area contributed by atoms with E-state index in [2.05, 4.69) is 44.4 Å². The van der Waals surface area contributed by atoms with E-state index in [-0.39, 0.29) is 36.8 Å². The van der Waals surface area contributed by atoms with Crippen LogP contribution in [-0.4, -0.2) is 18.8 Å². The van der Waals surface area contributed by atoms with Crippen molar-refractivity contribution in [1.82, 2.24) is 5.32 Å². The number of urea groups is 1. The van der Waals surface area contributed by atoms with E-state index in [1.54, 1.807) is 11.3 Å². The van der Waals surface area contributed by atoms with Crippen LogP contribution in [-0.2, 0) is 0 Å². The third-order valence-electron chi connectivity index (χ3n) is 6.33. The van der Waals surface area contributed by atoms with E-state index in [0.29, 0.717) is 6.42 Å². The van der Waals surface area contributed by atoms with Crippen molar-refractivity contribution in [3.63, 3.8) is 0 Å². The lowest BCUT2D eigenvalue weighted by Crippen LogP contribution is -2.33. The monoisotopic (exact) mass is 504 g/mol. The summed E-state index contributed by atoms with van der Waals surface area (Å²) >= 11 is 1.59. The van der Waals surface area contributed by atoms with Gasteiger partial charge in [-0.3, -0.25) is 0 Å². The molecule has 3 aromatic rings. The standard InChI is InChI=1S/C28H35F3N2OS/c1-17(2)21-9-6-10-22(18(3)4)26(21)33-27(34)32-15-20(8-7-13-28(29,30)31)24-16-35-25-12-11-19(5)14-23(24)25/h6,9-12,14,16-18,20H,7-8,13,15H2,1-5H3,(H2,32,33,34). The number of para-hydroxylation sites is 1. The molecule has 2 amide bonds. The molecule has 0 radical (unpaired) electrons. The van der Waals surface area contributed by atoms with Crippen LogP contribution in [0.5, 0.6) is 0 Å². The number of anilines is 1. The number of rotatable bonds is 9. The summed E-state index contributed by atoms with van der Waals surface area (Å²) in [6.45, 7) is 10.6. The van der Waals surface area contributed by atoms with Crippen LogP contribution in [0, 0.1) is 6.92 Å². The zero-order chi connectivity index (χ0) is 25.8. The molecule has 0 saturated carbocycles. The van der Waals surface area contributed by atoms with Crippen LogP contribution in [0.2, 0.25) is 0 Å². The minimum Gasteiger partial charge on any atom is -0.337 e. The second-order valence-corrected chi connectivity index (χ2v) is 10.8. The summed E-state index contributed by atoms with van der Waals surface area (Å²) in [4.78, 5) is 13.0. The summed E-state index contributed by atoms with van der Waals surface area (Å²) in [5, 5.41) is 9.07. The number of aryl methyl sites for hydroxylation is 1. The van der Waals surface area contributed by atoms with Gasteiger partial charge < -0.3 is 10.6 Å². The Morgan fingerprint density at radius 1 is 1.00 bits per heavy atom. The molecule has 1 heterocycles. The molecule has 1 atom stereocenters. The third-order valence-corrected chi connectivity index (χ3v) is 7.31. The molecular weight excluding hydrogens is 469 g/mol. The molecule has 1 unspecified atom stereocenters. The topological polar surface area (TPSA) is 41.1 Å². The number of alkyl halides is 3. The van der Waals surface area contributed by atoms with Crippen molar-refractivity contribution in [2.24, 2.45) is 0 Å². The van der Waals surface area contributed by atoms with Crippen LogP contribution in [0.4, 0.5) is 23.7 Å². The van der Waals surface area contributed by atoms with Gasteiger partial charge in [-0.15, -0.1) is 11.3 Å². The number of carbonyl (C=O) groups is 1. The SMILES string of the molecule is Cc1ccc2scc(C(CCCC(F)(F)F)CNC(=O)Nc3c(C(C)C)cccc3C(C)C)c2c1. The Labute approximate surface area is 210 Å². The molecule has 0 bridgehead atoms. The molecule has 3 rings (SSSR count). The van der Waals surface area contributed by atoms with Gasteiger partial charge in [0, 0.05) is 29.3 Å². The van der Waals surface area contributed by atoms with E-state index in [9.17, 15) is 18.0 Å². The number of benzene rings is 2. The Balaban J connectivity index is 1.80. The van der Waals surface area contributed by atoms with Crippen LogP contribution < -0.4 is 10.6 Å². The summed E-state index contributed by atoms with van der Waals surface area (Å²) in [5.41, 5.74) is 5.05. The highest BCUT2D eigenvalue weighted by molar-refractivity contribution is 7.17. The van der Waals surface area contributed by atoms with E-state index in [0.717, 1.165) is 38.0 Å². The van der Waals surface area contributed by atoms with Crippen LogP contribution in [0.3, 0.4) is 0 Å². The minimum atomic E-state index is -4.18. The summed E-state index contributed by atoms with van der Waals surface area (Å²) in [6, 6.07) is 11.9. The second kappa shape index (κ2) is 11.5. The molecule has 35 heavy (non-hydrogen) atoms. The molecule has 1 aromatic heterocycles. The molecule has 3 nitrogen and oxygen atoms in total. The number of fused-ring (bicyclic) bond motifs is 1. The maximum atomic E-state index is 13.0. The number of thiophene rings is 1. The van der Waals surface area contributed by atoms with Gasteiger partial charge >= 0.3 is 12.2 Å². The molecule has 0 fully saturated rings. The maximum absolute atomic E-state index is 13.0. The van der Waals surface area contributed by atoms with Gasteiger partial charge in [0.1, 0.15) is 0 Å². The Hall–Kier alpha value is -2.54. The molecule has 7 heteroatoms. The van der Waals surface area contributed by atoms with Crippen LogP contribution in [0.15, 0.2) is 41.8 Å². The first-order valence-corrected chi connectivity index (χ1v) is 13.1. The van der Waals surface area contributed by atoms with Crippen molar-refractivity contribution in [3.05, 3.63) is 64.0 Å². The summed E-state index contributed by atoms with van der Waals surface area (Å²) < 4.78 is 39.6. The Kier molecular flexibility index (Phi) is 8.86. The smallest absolute Gasteiger partial charge is 0.337 e. The first kappa shape index (κ1) is 27.1. The predicted octanol–water partition coefficient (Wildman–Crippen LogP) is 9.09. The van der Waals surface area contributed by atoms with Crippen molar-refractivity contribution in [2.75, 3.05) is 11.9 Å². The zero-order valence-electron chi connectivity index (χ0n) is 21.1. The molecular formula is C28H35F3N2OS. The normalized spacial score (nSPS) is 13.0. The van der Waals surface area contributed by atoms with Crippen LogP contribution in [0.25, 0.3) is 10.1 Å². The molecule has 0 aliphatic carbocycles. The quantitative estimate of drug-likeness (QED) is 0.300. The highest BCUT2D eigenvalue weighted by Gasteiger charge is 2.27. The summed E-state index contributed by atoms with van der Waals surface area (Å²) in [7, 11) is 0. The minimum absolute atomic E-state index is 0.0221. The van der Waals surface area contributed by atoms with Crippen molar-refractivity contribution in [2.45, 2.75) is 77.8 Å². The Morgan fingerprint density at radius 2 is 1.66 bits per heavy atom. The fourth-order valence-corrected chi connectivity index (χ4v) is 5.49. The van der Waals surface area contributed by atoms with Gasteiger partial charge in [-0.05, 0) is 65.1 Å². The highest BCUT2D eigenvalue weighted by Crippen LogP contribution is 2.36. The maximum Gasteiger partial charge on any atom is 0.389 e. The number of halogens is 3. The first-order chi connectivity index (χ1) is 16.5. The molecule has 0 spiro atoms. The molecule has 0 saturated heterocycles. The van der Waals surface area contributed by atoms with Crippen molar-refractivity contribution >= 4 is 33.1 Å². The fourth-order valence-electron chi connectivity index (χ4n) is 4.46. The summed E-state index contributed by atoms with van der Waals surface area (Å²) in [5.74, 6) is 0.266. The first-order valence-electron chi connectivity index (χ1n) is 12.2. The molecule has 0 aliphatic heterocycles. The second-order valence-electron chi connectivity index (χ2n) is 9.85. The number of hydrogen-bond acceptors (Lipinski definition) is 2.